The number of benzene rings is 4. The number of halogens is 1. The van der Waals surface area contributed by atoms with Gasteiger partial charge in [0.15, 0.2) is 0 Å². The molecule has 0 spiro atoms. The van der Waals surface area contributed by atoms with Crippen molar-refractivity contribution in [2.45, 2.75) is 25.7 Å². The zero-order valence-corrected chi connectivity index (χ0v) is 22.4. The summed E-state index contributed by atoms with van der Waals surface area (Å²) in [7, 11) is 0. The molecular formula is C31H32BrO2P. The monoisotopic (exact) mass is 546 g/mol. The van der Waals surface area contributed by atoms with Crippen molar-refractivity contribution in [1.82, 2.24) is 0 Å². The standard InChI is InChI=1S/C31H32BrO2P/c32-35(29-14-6-3-7-15-29,30-16-8-4-9-17-30,31-18-10-5-11-19-31)25-13-2-1-12-24-34-28-22-20-27(26-33)21-23-28/h3-11,14-23,26H,1-2,12-13,24-25H2. The molecule has 0 saturated carbocycles. The average molecular weight is 547 g/mol. The van der Waals surface area contributed by atoms with Gasteiger partial charge < -0.3 is 0 Å². The van der Waals surface area contributed by atoms with Crippen LogP contribution in [0.3, 0.4) is 0 Å². The molecule has 0 amide bonds. The van der Waals surface area contributed by atoms with Gasteiger partial charge in [-0.25, -0.2) is 0 Å². The summed E-state index contributed by atoms with van der Waals surface area (Å²) in [4.78, 5) is 10.8. The zero-order valence-electron chi connectivity index (χ0n) is 19.9. The van der Waals surface area contributed by atoms with Crippen LogP contribution in [-0.4, -0.2) is 19.1 Å². The van der Waals surface area contributed by atoms with Crippen molar-refractivity contribution in [3.63, 3.8) is 0 Å². The van der Waals surface area contributed by atoms with Crippen LogP contribution < -0.4 is 20.7 Å². The van der Waals surface area contributed by atoms with Crippen LogP contribution in [0, 0.1) is 0 Å². The topological polar surface area (TPSA) is 26.3 Å². The van der Waals surface area contributed by atoms with E-state index in [1.807, 2.05) is 12.1 Å². The molecule has 0 bridgehead atoms. The van der Waals surface area contributed by atoms with E-state index in [-0.39, 0.29) is 0 Å². The molecule has 0 radical (unpaired) electrons. The summed E-state index contributed by atoms with van der Waals surface area (Å²) in [6, 6.07) is 40.3. The first-order chi connectivity index (χ1) is 17.1. The molecule has 2 nitrogen and oxygen atoms in total. The summed E-state index contributed by atoms with van der Waals surface area (Å²) in [6.45, 7) is 0.689. The molecule has 4 aromatic rings. The maximum absolute atomic E-state index is 10.8. The molecule has 4 rings (SSSR count). The van der Waals surface area contributed by atoms with Gasteiger partial charge in [0, 0.05) is 0 Å². The van der Waals surface area contributed by atoms with Crippen LogP contribution in [0.1, 0.15) is 36.0 Å². The van der Waals surface area contributed by atoms with E-state index in [1.54, 1.807) is 12.1 Å². The second-order valence-corrected chi connectivity index (χ2v) is 17.9. The second kappa shape index (κ2) is 11.8. The zero-order chi connectivity index (χ0) is 24.4. The molecule has 4 aromatic carbocycles. The normalized spacial score (nSPS) is 12.4. The van der Waals surface area contributed by atoms with Crippen molar-refractivity contribution in [2.75, 3.05) is 12.8 Å². The number of aldehydes is 1. The summed E-state index contributed by atoms with van der Waals surface area (Å²) in [6.07, 6.45) is 6.31. The van der Waals surface area contributed by atoms with E-state index in [1.165, 1.54) is 15.9 Å². The predicted molar refractivity (Wildman–Crippen MR) is 155 cm³/mol. The molecule has 0 aliphatic heterocycles. The number of ether oxygens (including phenoxy) is 1. The van der Waals surface area contributed by atoms with Crippen LogP contribution in [0.25, 0.3) is 0 Å². The first kappa shape index (κ1) is 25.4. The molecule has 0 aliphatic rings. The Labute approximate surface area is 217 Å². The molecule has 0 aliphatic carbocycles. The summed E-state index contributed by atoms with van der Waals surface area (Å²) in [5.41, 5.74) is 0.670. The van der Waals surface area contributed by atoms with Gasteiger partial charge in [-0.15, -0.1) is 0 Å². The Morgan fingerprint density at radius 3 is 1.51 bits per heavy atom. The van der Waals surface area contributed by atoms with Crippen LogP contribution in [-0.2, 0) is 0 Å². The Hall–Kier alpha value is -2.74. The van der Waals surface area contributed by atoms with Gasteiger partial charge in [-0.2, -0.15) is 0 Å². The van der Waals surface area contributed by atoms with Gasteiger partial charge in [-0.3, -0.25) is 4.79 Å². The van der Waals surface area contributed by atoms with Crippen LogP contribution >= 0.6 is 20.8 Å². The van der Waals surface area contributed by atoms with Crippen LogP contribution in [0.4, 0.5) is 0 Å². The second-order valence-electron chi connectivity index (χ2n) is 8.86. The minimum atomic E-state index is -2.82. The van der Waals surface area contributed by atoms with E-state index in [9.17, 15) is 4.79 Å². The predicted octanol–water partition coefficient (Wildman–Crippen LogP) is 7.28. The molecule has 0 unspecified atom stereocenters. The van der Waals surface area contributed by atoms with Crippen molar-refractivity contribution in [3.8, 4) is 5.75 Å². The van der Waals surface area contributed by atoms with E-state index >= 15 is 0 Å². The molecule has 0 N–H and O–H groups in total. The maximum atomic E-state index is 10.8. The van der Waals surface area contributed by atoms with E-state index in [2.05, 4.69) is 106 Å². The molecule has 4 heteroatoms. The van der Waals surface area contributed by atoms with Crippen molar-refractivity contribution >= 4 is 43.0 Å². The molecule has 0 fully saturated rings. The first-order valence-electron chi connectivity index (χ1n) is 12.2. The quantitative estimate of drug-likeness (QED) is 0.106. The molecule has 35 heavy (non-hydrogen) atoms. The number of hydrogen-bond donors (Lipinski definition) is 0. The fourth-order valence-electron chi connectivity index (χ4n) is 4.75. The Kier molecular flexibility index (Phi) is 8.55. The Morgan fingerprint density at radius 1 is 0.600 bits per heavy atom. The third-order valence-corrected chi connectivity index (χ3v) is 16.7. The molecular weight excluding hydrogens is 515 g/mol. The van der Waals surface area contributed by atoms with Gasteiger partial charge in [0.1, 0.15) is 0 Å². The van der Waals surface area contributed by atoms with E-state index in [0.29, 0.717) is 12.2 Å². The number of rotatable bonds is 12. The van der Waals surface area contributed by atoms with Crippen molar-refractivity contribution in [3.05, 3.63) is 121 Å². The molecule has 0 saturated heterocycles. The van der Waals surface area contributed by atoms with Gasteiger partial charge in [-0.1, -0.05) is 0 Å². The van der Waals surface area contributed by atoms with Gasteiger partial charge in [0.25, 0.3) is 0 Å². The Bertz CT molecular complexity index is 1100. The van der Waals surface area contributed by atoms with Crippen LogP contribution in [0.5, 0.6) is 5.75 Å². The van der Waals surface area contributed by atoms with E-state index in [4.69, 9.17) is 4.74 Å². The van der Waals surface area contributed by atoms with Gasteiger partial charge in [-0.05, 0) is 0 Å². The average Bonchev–Trinajstić information content (AvgIpc) is 2.94. The van der Waals surface area contributed by atoms with Crippen LogP contribution in [0.15, 0.2) is 115 Å². The third-order valence-electron chi connectivity index (χ3n) is 6.64. The van der Waals surface area contributed by atoms with E-state index in [0.717, 1.165) is 43.9 Å². The summed E-state index contributed by atoms with van der Waals surface area (Å²) < 4.78 is 5.86. The SMILES string of the molecule is O=Cc1ccc(OCCCCCCP(Br)(c2ccccc2)(c2ccccc2)c2ccccc2)cc1. The third kappa shape index (κ3) is 5.58. The van der Waals surface area contributed by atoms with E-state index < -0.39 is 5.31 Å². The fourth-order valence-corrected chi connectivity index (χ4v) is 12.5. The Balaban J connectivity index is 1.48. The first-order valence-corrected chi connectivity index (χ1v) is 16.7. The number of unbranched alkanes of at least 4 members (excludes halogenated alkanes) is 3. The van der Waals surface area contributed by atoms with Crippen LogP contribution in [0.2, 0.25) is 0 Å². The molecule has 180 valence electrons. The Morgan fingerprint density at radius 2 is 1.06 bits per heavy atom. The molecule has 0 heterocycles. The van der Waals surface area contributed by atoms with Gasteiger partial charge >= 0.3 is 213 Å². The fraction of sp³-hybridized carbons (Fsp3) is 0.194. The number of carbonyl (C=O) groups excluding carboxylic acids is 1. The number of carbonyl (C=O) groups is 1. The van der Waals surface area contributed by atoms with Crippen molar-refractivity contribution in [2.24, 2.45) is 0 Å². The van der Waals surface area contributed by atoms with Gasteiger partial charge in [0.05, 0.1) is 0 Å². The number of hydrogen-bond acceptors (Lipinski definition) is 2. The summed E-state index contributed by atoms with van der Waals surface area (Å²) >= 11 is 4.52. The molecule has 0 atom stereocenters. The van der Waals surface area contributed by atoms with Gasteiger partial charge in [0.2, 0.25) is 0 Å². The van der Waals surface area contributed by atoms with Crippen molar-refractivity contribution in [1.29, 1.82) is 0 Å². The summed E-state index contributed by atoms with van der Waals surface area (Å²) in [5.74, 6) is 0.818. The summed E-state index contributed by atoms with van der Waals surface area (Å²) in [5, 5.41) is 1.30. The minimum absolute atomic E-state index is 0.670. The molecule has 0 aromatic heterocycles. The van der Waals surface area contributed by atoms with Crippen molar-refractivity contribution < 1.29 is 9.53 Å².